The van der Waals surface area contributed by atoms with Crippen molar-refractivity contribution in [3.63, 3.8) is 0 Å². The van der Waals surface area contributed by atoms with E-state index in [1.807, 2.05) is 0 Å². The molecule has 0 aromatic heterocycles. The lowest BCUT2D eigenvalue weighted by Gasteiger charge is -2.06. The molecule has 0 aliphatic carbocycles. The number of hydrogen-bond donors (Lipinski definition) is 0. The van der Waals surface area contributed by atoms with Gasteiger partial charge in [-0.05, 0) is 47.9 Å². The van der Waals surface area contributed by atoms with Gasteiger partial charge >= 0.3 is 0 Å². The summed E-state index contributed by atoms with van der Waals surface area (Å²) >= 11 is 0. The first kappa shape index (κ1) is 12.4. The zero-order chi connectivity index (χ0) is 13.1. The molecule has 0 radical (unpaired) electrons. The van der Waals surface area contributed by atoms with Gasteiger partial charge in [-0.2, -0.15) is 0 Å². The van der Waals surface area contributed by atoms with Gasteiger partial charge in [0.2, 0.25) is 0 Å². The Balaban J connectivity index is 2.40. The van der Waals surface area contributed by atoms with Crippen molar-refractivity contribution >= 4 is 5.78 Å². The minimum atomic E-state index is -0.393. The Morgan fingerprint density at radius 2 is 1.61 bits per heavy atom. The molecule has 1 nitrogen and oxygen atoms in total. The van der Waals surface area contributed by atoms with Gasteiger partial charge in [0.1, 0.15) is 17.4 Å². The first-order valence-corrected chi connectivity index (χ1v) is 5.60. The number of hydrogen-bond acceptors (Lipinski definition) is 1. The molecule has 0 saturated carbocycles. The maximum absolute atomic E-state index is 13.5. The fourth-order valence-corrected chi connectivity index (χ4v) is 1.80. The van der Waals surface area contributed by atoms with Gasteiger partial charge in [-0.25, -0.2) is 8.78 Å². The van der Waals surface area contributed by atoms with Crippen LogP contribution in [0.15, 0.2) is 42.5 Å². The molecule has 0 atom stereocenters. The number of rotatable bonds is 3. The van der Waals surface area contributed by atoms with Crippen LogP contribution >= 0.6 is 0 Å². The van der Waals surface area contributed by atoms with Crippen molar-refractivity contribution in [3.8, 4) is 11.1 Å². The van der Waals surface area contributed by atoms with Crippen molar-refractivity contribution in [3.05, 3.63) is 59.7 Å². The minimum absolute atomic E-state index is 0.0703. The van der Waals surface area contributed by atoms with Crippen molar-refractivity contribution in [2.75, 3.05) is 0 Å². The number of benzene rings is 2. The summed E-state index contributed by atoms with van der Waals surface area (Å²) in [5.41, 5.74) is 1.93. The molecule has 2 aromatic rings. The summed E-state index contributed by atoms with van der Waals surface area (Å²) in [4.78, 5) is 11.0. The van der Waals surface area contributed by atoms with Crippen LogP contribution in [0.2, 0.25) is 0 Å². The van der Waals surface area contributed by atoms with Crippen molar-refractivity contribution in [1.82, 2.24) is 0 Å². The van der Waals surface area contributed by atoms with Crippen molar-refractivity contribution < 1.29 is 13.6 Å². The standard InChI is InChI=1S/C15H12F2O/c1-10(18)8-13-9-12(4-7-15(13)17)11-2-5-14(16)6-3-11/h2-7,9H,8H2,1H3. The summed E-state index contributed by atoms with van der Waals surface area (Å²) in [6.07, 6.45) is 0.0703. The van der Waals surface area contributed by atoms with Crippen LogP contribution in [-0.4, -0.2) is 5.78 Å². The maximum Gasteiger partial charge on any atom is 0.134 e. The molecule has 2 aromatic carbocycles. The Morgan fingerprint density at radius 1 is 1.00 bits per heavy atom. The average molecular weight is 246 g/mol. The SMILES string of the molecule is CC(=O)Cc1cc(-c2ccc(F)cc2)ccc1F. The predicted octanol–water partition coefficient (Wildman–Crippen LogP) is 3.76. The number of carbonyl (C=O) groups is 1. The van der Waals surface area contributed by atoms with E-state index in [9.17, 15) is 13.6 Å². The highest BCUT2D eigenvalue weighted by molar-refractivity contribution is 5.79. The lowest BCUT2D eigenvalue weighted by Crippen LogP contribution is -1.99. The number of ketones is 1. The first-order chi connectivity index (χ1) is 8.56. The van der Waals surface area contributed by atoms with E-state index >= 15 is 0 Å². The smallest absolute Gasteiger partial charge is 0.134 e. The molecule has 0 amide bonds. The topological polar surface area (TPSA) is 17.1 Å². The van der Waals surface area contributed by atoms with Crippen LogP contribution < -0.4 is 0 Å². The summed E-state index contributed by atoms with van der Waals surface area (Å²) in [6, 6.07) is 10.5. The highest BCUT2D eigenvalue weighted by atomic mass is 19.1. The molecule has 0 spiro atoms. The van der Waals surface area contributed by atoms with E-state index in [0.29, 0.717) is 5.56 Å². The predicted molar refractivity (Wildman–Crippen MR) is 66.2 cm³/mol. The van der Waals surface area contributed by atoms with Crippen LogP contribution in [0.3, 0.4) is 0 Å². The second-order valence-electron chi connectivity index (χ2n) is 4.19. The van der Waals surface area contributed by atoms with Gasteiger partial charge in [-0.3, -0.25) is 4.79 Å². The molecule has 0 aliphatic rings. The Bertz CT molecular complexity index is 574. The van der Waals surface area contributed by atoms with Gasteiger partial charge in [0.05, 0.1) is 0 Å². The van der Waals surface area contributed by atoms with Gasteiger partial charge in [0, 0.05) is 6.42 Å². The molecule has 0 fully saturated rings. The van der Waals surface area contributed by atoms with Crippen LogP contribution in [0, 0.1) is 11.6 Å². The Kier molecular flexibility index (Phi) is 3.51. The molecule has 92 valence electrons. The van der Waals surface area contributed by atoms with Crippen molar-refractivity contribution in [1.29, 1.82) is 0 Å². The zero-order valence-corrected chi connectivity index (χ0v) is 9.91. The fourth-order valence-electron chi connectivity index (χ4n) is 1.80. The van der Waals surface area contributed by atoms with Crippen LogP contribution in [-0.2, 0) is 11.2 Å². The summed E-state index contributed by atoms with van der Waals surface area (Å²) in [6.45, 7) is 1.42. The molecule has 0 N–H and O–H groups in total. The monoisotopic (exact) mass is 246 g/mol. The molecule has 0 saturated heterocycles. The van der Waals surface area contributed by atoms with Crippen LogP contribution in [0.25, 0.3) is 11.1 Å². The van der Waals surface area contributed by atoms with Gasteiger partial charge < -0.3 is 0 Å². The van der Waals surface area contributed by atoms with Crippen LogP contribution in [0.1, 0.15) is 12.5 Å². The molecule has 2 rings (SSSR count). The van der Waals surface area contributed by atoms with Crippen LogP contribution in [0.4, 0.5) is 8.78 Å². The fraction of sp³-hybridized carbons (Fsp3) is 0.133. The maximum atomic E-state index is 13.5. The second-order valence-corrected chi connectivity index (χ2v) is 4.19. The quantitative estimate of drug-likeness (QED) is 0.805. The lowest BCUT2D eigenvalue weighted by molar-refractivity contribution is -0.116. The van der Waals surface area contributed by atoms with Crippen molar-refractivity contribution in [2.45, 2.75) is 13.3 Å². The highest BCUT2D eigenvalue weighted by Crippen LogP contribution is 2.22. The van der Waals surface area contributed by atoms with Gasteiger partial charge in [-0.15, -0.1) is 0 Å². The molecule has 3 heteroatoms. The van der Waals surface area contributed by atoms with E-state index < -0.39 is 5.82 Å². The third kappa shape index (κ3) is 2.80. The number of carbonyl (C=O) groups excluding carboxylic acids is 1. The normalized spacial score (nSPS) is 10.4. The average Bonchev–Trinajstić information content (AvgIpc) is 2.32. The van der Waals surface area contributed by atoms with Crippen molar-refractivity contribution in [2.24, 2.45) is 0 Å². The number of Topliss-reactive ketones (excluding diaryl/α,β-unsaturated/α-hetero) is 1. The largest absolute Gasteiger partial charge is 0.300 e. The molecule has 0 unspecified atom stereocenters. The number of halogens is 2. The van der Waals surface area contributed by atoms with E-state index in [1.165, 1.54) is 25.1 Å². The van der Waals surface area contributed by atoms with Gasteiger partial charge in [0.25, 0.3) is 0 Å². The van der Waals surface area contributed by atoms with E-state index in [-0.39, 0.29) is 18.0 Å². The third-order valence-electron chi connectivity index (χ3n) is 2.66. The Morgan fingerprint density at radius 3 is 2.22 bits per heavy atom. The van der Waals surface area contributed by atoms with Gasteiger partial charge in [0.15, 0.2) is 0 Å². The molecule has 0 aliphatic heterocycles. The van der Waals surface area contributed by atoms with E-state index in [1.54, 1.807) is 24.3 Å². The Labute approximate surface area is 104 Å². The third-order valence-corrected chi connectivity index (χ3v) is 2.66. The highest BCUT2D eigenvalue weighted by Gasteiger charge is 2.07. The summed E-state index contributed by atoms with van der Waals surface area (Å²) < 4.78 is 26.3. The molecule has 0 bridgehead atoms. The van der Waals surface area contributed by atoms with Crippen LogP contribution in [0.5, 0.6) is 0 Å². The first-order valence-electron chi connectivity index (χ1n) is 5.60. The summed E-state index contributed by atoms with van der Waals surface area (Å²) in [5.74, 6) is -0.800. The summed E-state index contributed by atoms with van der Waals surface area (Å²) in [5, 5.41) is 0. The second kappa shape index (κ2) is 5.08. The van der Waals surface area contributed by atoms with E-state index in [4.69, 9.17) is 0 Å². The molecule has 0 heterocycles. The lowest BCUT2D eigenvalue weighted by atomic mass is 10.0. The molecular weight excluding hydrogens is 234 g/mol. The minimum Gasteiger partial charge on any atom is -0.300 e. The zero-order valence-electron chi connectivity index (χ0n) is 9.91. The van der Waals surface area contributed by atoms with E-state index in [0.717, 1.165) is 11.1 Å². The Hall–Kier alpha value is -2.03. The molecule has 18 heavy (non-hydrogen) atoms. The van der Waals surface area contributed by atoms with E-state index in [2.05, 4.69) is 0 Å². The summed E-state index contributed by atoms with van der Waals surface area (Å²) in [7, 11) is 0. The van der Waals surface area contributed by atoms with Gasteiger partial charge in [-0.1, -0.05) is 18.2 Å². The molecular formula is C15H12F2O.